The van der Waals surface area contributed by atoms with Gasteiger partial charge in [-0.1, -0.05) is 12.1 Å². The molecule has 0 aromatic heterocycles. The molecule has 2 N–H and O–H groups in total. The SMILES string of the molecule is CNc1ccccc1S(=O)(=O)NCC1CCCCO1. The van der Waals surface area contributed by atoms with Crippen molar-refractivity contribution in [1.82, 2.24) is 4.72 Å². The Balaban J connectivity index is 2.05. The first-order valence-electron chi connectivity index (χ1n) is 6.51. The predicted molar refractivity (Wildman–Crippen MR) is 74.8 cm³/mol. The highest BCUT2D eigenvalue weighted by molar-refractivity contribution is 7.89. The summed E-state index contributed by atoms with van der Waals surface area (Å²) in [6.07, 6.45) is 3.06. The van der Waals surface area contributed by atoms with Crippen molar-refractivity contribution in [2.24, 2.45) is 0 Å². The van der Waals surface area contributed by atoms with Crippen LogP contribution in [0.15, 0.2) is 29.2 Å². The van der Waals surface area contributed by atoms with Crippen molar-refractivity contribution in [3.63, 3.8) is 0 Å². The van der Waals surface area contributed by atoms with Crippen molar-refractivity contribution >= 4 is 15.7 Å². The van der Waals surface area contributed by atoms with Crippen LogP contribution in [-0.2, 0) is 14.8 Å². The first kappa shape index (κ1) is 14.3. The van der Waals surface area contributed by atoms with Crippen LogP contribution in [0.1, 0.15) is 19.3 Å². The average Bonchev–Trinajstić information content (AvgIpc) is 2.46. The number of rotatable bonds is 5. The molecular weight excluding hydrogens is 264 g/mol. The standard InChI is InChI=1S/C13H20N2O3S/c1-14-12-7-2-3-8-13(12)19(16,17)15-10-11-6-4-5-9-18-11/h2-3,7-8,11,14-15H,4-6,9-10H2,1H3. The maximum Gasteiger partial charge on any atom is 0.242 e. The number of benzene rings is 1. The molecule has 1 aromatic carbocycles. The van der Waals surface area contributed by atoms with Crippen molar-refractivity contribution in [2.75, 3.05) is 25.5 Å². The fourth-order valence-electron chi connectivity index (χ4n) is 2.16. The van der Waals surface area contributed by atoms with E-state index in [0.717, 1.165) is 25.9 Å². The van der Waals surface area contributed by atoms with Crippen LogP contribution in [0.2, 0.25) is 0 Å². The number of anilines is 1. The fraction of sp³-hybridized carbons (Fsp3) is 0.538. The largest absolute Gasteiger partial charge is 0.387 e. The molecule has 5 nitrogen and oxygen atoms in total. The Kier molecular flexibility index (Phi) is 4.79. The lowest BCUT2D eigenvalue weighted by Gasteiger charge is -2.23. The van der Waals surface area contributed by atoms with Crippen molar-refractivity contribution in [2.45, 2.75) is 30.3 Å². The summed E-state index contributed by atoms with van der Waals surface area (Å²) in [5, 5.41) is 2.89. The van der Waals surface area contributed by atoms with Gasteiger partial charge in [0, 0.05) is 20.2 Å². The summed E-state index contributed by atoms with van der Waals surface area (Å²) >= 11 is 0. The molecule has 1 saturated heterocycles. The third kappa shape index (κ3) is 3.68. The summed E-state index contributed by atoms with van der Waals surface area (Å²) in [5.74, 6) is 0. The molecule has 1 atom stereocenters. The molecule has 1 aliphatic rings. The fourth-order valence-corrected chi connectivity index (χ4v) is 3.43. The van der Waals surface area contributed by atoms with E-state index in [2.05, 4.69) is 10.0 Å². The molecule has 6 heteroatoms. The maximum atomic E-state index is 12.2. The Hall–Kier alpha value is -1.11. The second kappa shape index (κ2) is 6.36. The number of ether oxygens (including phenoxy) is 1. The van der Waals surface area contributed by atoms with Gasteiger partial charge in [0.25, 0.3) is 0 Å². The number of nitrogens with one attached hydrogen (secondary N) is 2. The Morgan fingerprint density at radius 3 is 2.79 bits per heavy atom. The smallest absolute Gasteiger partial charge is 0.242 e. The number of hydrogen-bond donors (Lipinski definition) is 2. The van der Waals surface area contributed by atoms with Crippen molar-refractivity contribution in [3.8, 4) is 0 Å². The van der Waals surface area contributed by atoms with Gasteiger partial charge in [0.1, 0.15) is 4.90 Å². The quantitative estimate of drug-likeness (QED) is 0.861. The molecule has 1 aliphatic heterocycles. The van der Waals surface area contributed by atoms with Crippen LogP contribution in [0.3, 0.4) is 0 Å². The van der Waals surface area contributed by atoms with E-state index in [4.69, 9.17) is 4.74 Å². The molecule has 1 heterocycles. The number of sulfonamides is 1. The average molecular weight is 284 g/mol. The zero-order valence-electron chi connectivity index (χ0n) is 11.1. The third-order valence-electron chi connectivity index (χ3n) is 3.22. The zero-order chi connectivity index (χ0) is 13.7. The first-order chi connectivity index (χ1) is 9.13. The minimum absolute atomic E-state index is 0.00901. The lowest BCUT2D eigenvalue weighted by Crippen LogP contribution is -2.35. The molecule has 0 bridgehead atoms. The van der Waals surface area contributed by atoms with E-state index >= 15 is 0 Å². The normalized spacial score (nSPS) is 20.2. The number of para-hydroxylation sites is 1. The molecule has 0 radical (unpaired) electrons. The second-order valence-corrected chi connectivity index (χ2v) is 6.32. The monoisotopic (exact) mass is 284 g/mol. The van der Waals surface area contributed by atoms with Gasteiger partial charge in [-0.2, -0.15) is 0 Å². The van der Waals surface area contributed by atoms with Crippen molar-refractivity contribution < 1.29 is 13.2 Å². The Morgan fingerprint density at radius 2 is 2.11 bits per heavy atom. The van der Waals surface area contributed by atoms with Crippen molar-refractivity contribution in [3.05, 3.63) is 24.3 Å². The van der Waals surface area contributed by atoms with Crippen LogP contribution in [-0.4, -0.2) is 34.7 Å². The molecule has 1 fully saturated rings. The highest BCUT2D eigenvalue weighted by Gasteiger charge is 2.21. The van der Waals surface area contributed by atoms with Crippen molar-refractivity contribution in [1.29, 1.82) is 0 Å². The molecule has 19 heavy (non-hydrogen) atoms. The molecule has 1 aromatic rings. The maximum absolute atomic E-state index is 12.2. The summed E-state index contributed by atoms with van der Waals surface area (Å²) in [6, 6.07) is 6.85. The molecule has 0 saturated carbocycles. The van der Waals surface area contributed by atoms with E-state index in [9.17, 15) is 8.42 Å². The molecular formula is C13H20N2O3S. The van der Waals surface area contributed by atoms with E-state index in [-0.39, 0.29) is 11.0 Å². The van der Waals surface area contributed by atoms with Gasteiger partial charge in [0.2, 0.25) is 10.0 Å². The van der Waals surface area contributed by atoms with Gasteiger partial charge in [-0.05, 0) is 31.4 Å². The highest BCUT2D eigenvalue weighted by atomic mass is 32.2. The minimum Gasteiger partial charge on any atom is -0.387 e. The molecule has 1 unspecified atom stereocenters. The van der Waals surface area contributed by atoms with Gasteiger partial charge >= 0.3 is 0 Å². The van der Waals surface area contributed by atoms with E-state index in [1.165, 1.54) is 0 Å². The summed E-state index contributed by atoms with van der Waals surface area (Å²) in [6.45, 7) is 1.06. The molecule has 0 amide bonds. The lowest BCUT2D eigenvalue weighted by atomic mass is 10.1. The van der Waals surface area contributed by atoms with Crippen LogP contribution >= 0.6 is 0 Å². The van der Waals surface area contributed by atoms with E-state index in [0.29, 0.717) is 12.2 Å². The van der Waals surface area contributed by atoms with Crippen LogP contribution in [0, 0.1) is 0 Å². The summed E-state index contributed by atoms with van der Waals surface area (Å²) < 4.78 is 32.6. The van der Waals surface area contributed by atoms with Crippen LogP contribution < -0.4 is 10.0 Å². The molecule has 106 valence electrons. The Morgan fingerprint density at radius 1 is 1.32 bits per heavy atom. The van der Waals surface area contributed by atoms with Gasteiger partial charge in [-0.3, -0.25) is 0 Å². The lowest BCUT2D eigenvalue weighted by molar-refractivity contribution is 0.0200. The Bertz CT molecular complexity index is 510. The summed E-state index contributed by atoms with van der Waals surface area (Å²) in [5.41, 5.74) is 0.597. The summed E-state index contributed by atoms with van der Waals surface area (Å²) in [4.78, 5) is 0.272. The number of hydrogen-bond acceptors (Lipinski definition) is 4. The Labute approximate surface area is 114 Å². The van der Waals surface area contributed by atoms with Gasteiger partial charge < -0.3 is 10.1 Å². The van der Waals surface area contributed by atoms with E-state index in [1.807, 2.05) is 0 Å². The van der Waals surface area contributed by atoms with Gasteiger partial charge in [0.05, 0.1) is 11.8 Å². The first-order valence-corrected chi connectivity index (χ1v) is 8.00. The topological polar surface area (TPSA) is 67.4 Å². The van der Waals surface area contributed by atoms with Crippen LogP contribution in [0.5, 0.6) is 0 Å². The molecule has 0 spiro atoms. The molecule has 0 aliphatic carbocycles. The molecule has 2 rings (SSSR count). The second-order valence-electron chi connectivity index (χ2n) is 4.59. The van der Waals surface area contributed by atoms with Crippen LogP contribution in [0.4, 0.5) is 5.69 Å². The highest BCUT2D eigenvalue weighted by Crippen LogP contribution is 2.20. The van der Waals surface area contributed by atoms with Gasteiger partial charge in [-0.25, -0.2) is 13.1 Å². The van der Waals surface area contributed by atoms with E-state index < -0.39 is 10.0 Å². The minimum atomic E-state index is -3.49. The predicted octanol–water partition coefficient (Wildman–Crippen LogP) is 1.58. The third-order valence-corrected chi connectivity index (χ3v) is 4.70. The van der Waals surface area contributed by atoms with E-state index in [1.54, 1.807) is 31.3 Å². The van der Waals surface area contributed by atoms with Gasteiger partial charge in [0.15, 0.2) is 0 Å². The summed E-state index contributed by atoms with van der Waals surface area (Å²) in [7, 11) is -1.79. The van der Waals surface area contributed by atoms with Crippen LogP contribution in [0.25, 0.3) is 0 Å². The van der Waals surface area contributed by atoms with Gasteiger partial charge in [-0.15, -0.1) is 0 Å². The zero-order valence-corrected chi connectivity index (χ0v) is 11.9.